The van der Waals surface area contributed by atoms with Crippen molar-refractivity contribution in [3.8, 4) is 23.3 Å². The molecule has 5 rings (SSSR count). The van der Waals surface area contributed by atoms with Crippen LogP contribution in [-0.4, -0.2) is 42.0 Å². The lowest BCUT2D eigenvalue weighted by atomic mass is 10.1. The monoisotopic (exact) mass is 498 g/mol. The van der Waals surface area contributed by atoms with Crippen LogP contribution in [0.3, 0.4) is 0 Å². The van der Waals surface area contributed by atoms with Crippen molar-refractivity contribution in [2.75, 3.05) is 24.7 Å². The van der Waals surface area contributed by atoms with E-state index in [0.717, 1.165) is 45.6 Å². The smallest absolute Gasteiger partial charge is 0.211 e. The van der Waals surface area contributed by atoms with Gasteiger partial charge in [-0.3, -0.25) is 0 Å². The predicted molar refractivity (Wildman–Crippen MR) is 142 cm³/mol. The van der Waals surface area contributed by atoms with Gasteiger partial charge < -0.3 is 10.1 Å². The minimum absolute atomic E-state index is 0.0274. The number of hydrogen-bond acceptors (Lipinski definition) is 6. The quantitative estimate of drug-likeness (QED) is 0.385. The van der Waals surface area contributed by atoms with Gasteiger partial charge in [0.1, 0.15) is 23.6 Å². The van der Waals surface area contributed by atoms with E-state index in [1.54, 1.807) is 0 Å². The molecule has 182 valence electrons. The van der Waals surface area contributed by atoms with E-state index in [1.165, 1.54) is 16.9 Å². The molecule has 3 aromatic carbocycles. The van der Waals surface area contributed by atoms with Crippen LogP contribution in [0.1, 0.15) is 17.5 Å². The van der Waals surface area contributed by atoms with Crippen molar-refractivity contribution < 1.29 is 13.2 Å². The van der Waals surface area contributed by atoms with E-state index < -0.39 is 10.0 Å². The Kier molecular flexibility index (Phi) is 6.59. The Morgan fingerprint density at radius 2 is 1.89 bits per heavy atom. The average Bonchev–Trinajstić information content (AvgIpc) is 3.35. The summed E-state index contributed by atoms with van der Waals surface area (Å²) in [5, 5.41) is 4.25. The predicted octanol–water partition coefficient (Wildman–Crippen LogP) is 5.11. The van der Waals surface area contributed by atoms with Gasteiger partial charge in [-0.25, -0.2) is 22.7 Å². The van der Waals surface area contributed by atoms with Crippen molar-refractivity contribution in [1.29, 1.82) is 0 Å². The van der Waals surface area contributed by atoms with Crippen LogP contribution >= 0.6 is 0 Å². The highest BCUT2D eigenvalue weighted by atomic mass is 32.2. The molecule has 4 aromatic rings. The summed E-state index contributed by atoms with van der Waals surface area (Å²) in [6, 6.07) is 21.4. The highest BCUT2D eigenvalue weighted by Gasteiger charge is 2.27. The van der Waals surface area contributed by atoms with Crippen molar-refractivity contribution in [3.05, 3.63) is 84.2 Å². The summed E-state index contributed by atoms with van der Waals surface area (Å²) in [7, 11) is -3.17. The van der Waals surface area contributed by atoms with Gasteiger partial charge in [-0.2, -0.15) is 0 Å². The van der Waals surface area contributed by atoms with Crippen molar-refractivity contribution in [2.24, 2.45) is 5.92 Å². The van der Waals surface area contributed by atoms with Gasteiger partial charge in [-0.1, -0.05) is 30.0 Å². The minimum atomic E-state index is -3.17. The summed E-state index contributed by atoms with van der Waals surface area (Å²) in [5.74, 6) is 8.74. The van der Waals surface area contributed by atoms with E-state index in [9.17, 15) is 8.42 Å². The molecule has 0 spiro atoms. The number of rotatable bonds is 5. The van der Waals surface area contributed by atoms with Crippen LogP contribution in [0.15, 0.2) is 73.1 Å². The van der Waals surface area contributed by atoms with Gasteiger partial charge in [0.15, 0.2) is 0 Å². The molecule has 1 fully saturated rings. The number of para-hydroxylation sites is 1. The Morgan fingerprint density at radius 3 is 2.64 bits per heavy atom. The Hall–Kier alpha value is -3.93. The summed E-state index contributed by atoms with van der Waals surface area (Å²) < 4.78 is 31.0. The lowest BCUT2D eigenvalue weighted by molar-refractivity contribution is 0.477. The zero-order valence-corrected chi connectivity index (χ0v) is 20.9. The van der Waals surface area contributed by atoms with Crippen LogP contribution in [0.5, 0.6) is 11.5 Å². The lowest BCUT2D eigenvalue weighted by Gasteiger charge is -2.12. The van der Waals surface area contributed by atoms with Crippen LogP contribution in [0.4, 0.5) is 11.5 Å². The average molecular weight is 499 g/mol. The minimum Gasteiger partial charge on any atom is -0.457 e. The van der Waals surface area contributed by atoms with E-state index >= 15 is 0 Å². The topological polar surface area (TPSA) is 84.4 Å². The zero-order chi connectivity index (χ0) is 25.1. The van der Waals surface area contributed by atoms with Gasteiger partial charge in [-0.05, 0) is 67.4 Å². The van der Waals surface area contributed by atoms with E-state index in [2.05, 4.69) is 27.1 Å². The normalized spacial score (nSPS) is 15.9. The number of fused-ring (bicyclic) bond motifs is 1. The Bertz CT molecular complexity index is 1580. The molecule has 8 heteroatoms. The SMILES string of the molecule is Cc1cc(Nc2ncnc3ccc(C#CC4CCN(S(C)(=O)=O)C4)cc23)ccc1Oc1ccccc1. The third-order valence-corrected chi connectivity index (χ3v) is 7.35. The van der Waals surface area contributed by atoms with Gasteiger partial charge in [0.2, 0.25) is 10.0 Å². The molecule has 1 unspecified atom stereocenters. The van der Waals surface area contributed by atoms with Crippen molar-refractivity contribution >= 4 is 32.4 Å². The van der Waals surface area contributed by atoms with Gasteiger partial charge in [0.25, 0.3) is 0 Å². The first-order valence-corrected chi connectivity index (χ1v) is 13.5. The lowest BCUT2D eigenvalue weighted by Crippen LogP contribution is -2.27. The van der Waals surface area contributed by atoms with Gasteiger partial charge in [0, 0.05) is 35.6 Å². The number of aryl methyl sites for hydroxylation is 1. The molecule has 0 saturated carbocycles. The van der Waals surface area contributed by atoms with E-state index in [0.29, 0.717) is 18.9 Å². The second-order valence-electron chi connectivity index (χ2n) is 8.85. The van der Waals surface area contributed by atoms with E-state index in [1.807, 2.05) is 73.7 Å². The molecular weight excluding hydrogens is 472 g/mol. The fraction of sp³-hybridized carbons (Fsp3) is 0.214. The molecule has 0 bridgehead atoms. The number of ether oxygens (including phenoxy) is 1. The first kappa shape index (κ1) is 23.8. The maximum atomic E-state index is 11.8. The van der Waals surface area contributed by atoms with Crippen molar-refractivity contribution in [2.45, 2.75) is 13.3 Å². The highest BCUT2D eigenvalue weighted by Crippen LogP contribution is 2.30. The molecule has 1 saturated heterocycles. The summed E-state index contributed by atoms with van der Waals surface area (Å²) in [4.78, 5) is 8.85. The fourth-order valence-electron chi connectivity index (χ4n) is 4.16. The summed E-state index contributed by atoms with van der Waals surface area (Å²) in [6.07, 6.45) is 3.52. The summed E-state index contributed by atoms with van der Waals surface area (Å²) in [5.41, 5.74) is 3.52. The molecule has 2 heterocycles. The number of hydrogen-bond donors (Lipinski definition) is 1. The number of anilines is 2. The number of nitrogens with zero attached hydrogens (tertiary/aromatic N) is 3. The number of nitrogens with one attached hydrogen (secondary N) is 1. The first-order valence-electron chi connectivity index (χ1n) is 11.7. The summed E-state index contributed by atoms with van der Waals surface area (Å²) >= 11 is 0. The number of aromatic nitrogens is 2. The molecular formula is C28H26N4O3S. The highest BCUT2D eigenvalue weighted by molar-refractivity contribution is 7.88. The Morgan fingerprint density at radius 1 is 1.06 bits per heavy atom. The van der Waals surface area contributed by atoms with Gasteiger partial charge in [0.05, 0.1) is 11.8 Å². The van der Waals surface area contributed by atoms with Crippen LogP contribution in [0.2, 0.25) is 0 Å². The molecule has 0 radical (unpaired) electrons. The maximum Gasteiger partial charge on any atom is 0.211 e. The third kappa shape index (κ3) is 5.48. The molecule has 1 aromatic heterocycles. The molecule has 7 nitrogen and oxygen atoms in total. The van der Waals surface area contributed by atoms with Crippen LogP contribution in [0.25, 0.3) is 10.9 Å². The summed E-state index contributed by atoms with van der Waals surface area (Å²) in [6.45, 7) is 2.97. The van der Waals surface area contributed by atoms with Crippen LogP contribution in [0, 0.1) is 24.7 Å². The van der Waals surface area contributed by atoms with E-state index in [-0.39, 0.29) is 5.92 Å². The fourth-order valence-corrected chi connectivity index (χ4v) is 5.05. The number of benzene rings is 3. The van der Waals surface area contributed by atoms with Crippen LogP contribution < -0.4 is 10.1 Å². The standard InChI is InChI=1S/C28H26N4O3S/c1-20-16-23(11-13-27(20)35-24-6-4-3-5-7-24)31-28-25-17-21(10-12-26(25)29-19-30-28)8-9-22-14-15-32(18-22)36(2,33)34/h3-7,10-13,16-17,19,22H,14-15,18H2,1-2H3,(H,29,30,31). The first-order chi connectivity index (χ1) is 17.3. The molecule has 1 aliphatic rings. The van der Waals surface area contributed by atoms with Gasteiger partial charge >= 0.3 is 0 Å². The molecule has 1 aliphatic heterocycles. The Labute approximate surface area is 211 Å². The van der Waals surface area contributed by atoms with Crippen molar-refractivity contribution in [1.82, 2.24) is 14.3 Å². The third-order valence-electron chi connectivity index (χ3n) is 6.08. The molecule has 1 N–H and O–H groups in total. The molecule has 1 atom stereocenters. The Balaban J connectivity index is 1.35. The van der Waals surface area contributed by atoms with Crippen molar-refractivity contribution in [3.63, 3.8) is 0 Å². The second kappa shape index (κ2) is 9.97. The molecule has 36 heavy (non-hydrogen) atoms. The number of sulfonamides is 1. The van der Waals surface area contributed by atoms with Gasteiger partial charge in [-0.15, -0.1) is 0 Å². The largest absolute Gasteiger partial charge is 0.457 e. The van der Waals surface area contributed by atoms with E-state index in [4.69, 9.17) is 4.74 Å². The maximum absolute atomic E-state index is 11.8. The van der Waals surface area contributed by atoms with Crippen LogP contribution in [-0.2, 0) is 10.0 Å². The zero-order valence-electron chi connectivity index (χ0n) is 20.1. The molecule has 0 amide bonds. The second-order valence-corrected chi connectivity index (χ2v) is 10.8. The molecule has 0 aliphatic carbocycles.